The molecule has 8 heteroatoms. The number of benzene rings is 2. The Labute approximate surface area is 193 Å². The average molecular weight is 533 g/mol. The Kier molecular flexibility index (Phi) is 7.76. The molecule has 0 saturated heterocycles. The second kappa shape index (κ2) is 10.5. The lowest BCUT2D eigenvalue weighted by atomic mass is 9.86. The highest BCUT2D eigenvalue weighted by Crippen LogP contribution is 2.39. The molecule has 154 valence electrons. The number of anilines is 1. The van der Waals surface area contributed by atoms with Crippen LogP contribution in [0.5, 0.6) is 5.75 Å². The maximum absolute atomic E-state index is 12.3. The van der Waals surface area contributed by atoms with Gasteiger partial charge >= 0.3 is 0 Å². The number of rotatable bonds is 7. The summed E-state index contributed by atoms with van der Waals surface area (Å²) in [7, 11) is 0. The Morgan fingerprint density at radius 1 is 1.30 bits per heavy atom. The van der Waals surface area contributed by atoms with Gasteiger partial charge in [-0.05, 0) is 59.8 Å². The summed E-state index contributed by atoms with van der Waals surface area (Å²) in [6.07, 6.45) is 0.159. The number of hydrogen-bond acceptors (Lipinski definition) is 5. The number of carbonyl (C=O) groups is 2. The van der Waals surface area contributed by atoms with Crippen molar-refractivity contribution in [2.24, 2.45) is 0 Å². The molecule has 2 amide bonds. The first-order chi connectivity index (χ1) is 14.5. The zero-order valence-corrected chi connectivity index (χ0v) is 19.2. The molecule has 6 nitrogen and oxygen atoms in total. The van der Waals surface area contributed by atoms with Crippen LogP contribution in [-0.4, -0.2) is 24.2 Å². The number of halogens is 1. The number of allylic oxidation sites excluding steroid dienone is 1. The van der Waals surface area contributed by atoms with Gasteiger partial charge in [0, 0.05) is 27.2 Å². The topological polar surface area (TPSA) is 91.2 Å². The largest absolute Gasteiger partial charge is 0.494 e. The van der Waals surface area contributed by atoms with Crippen molar-refractivity contribution in [3.63, 3.8) is 0 Å². The first-order valence-corrected chi connectivity index (χ1v) is 11.4. The molecule has 2 N–H and O–H groups in total. The molecule has 1 heterocycles. The third-order valence-electron chi connectivity index (χ3n) is 4.43. The van der Waals surface area contributed by atoms with E-state index in [0.29, 0.717) is 28.6 Å². The van der Waals surface area contributed by atoms with E-state index in [4.69, 9.17) is 4.74 Å². The van der Waals surface area contributed by atoms with Crippen molar-refractivity contribution in [1.82, 2.24) is 5.32 Å². The van der Waals surface area contributed by atoms with E-state index in [0.717, 1.165) is 20.9 Å². The van der Waals surface area contributed by atoms with Gasteiger partial charge in [0.2, 0.25) is 11.8 Å². The number of para-hydroxylation sites is 1. The molecule has 1 unspecified atom stereocenters. The maximum atomic E-state index is 12.3. The third-order valence-corrected chi connectivity index (χ3v) is 6.16. The molecule has 3 rings (SSSR count). The summed E-state index contributed by atoms with van der Waals surface area (Å²) in [5, 5.41) is 15.8. The van der Waals surface area contributed by atoms with Crippen LogP contribution in [0.1, 0.15) is 24.8 Å². The van der Waals surface area contributed by atoms with Crippen LogP contribution in [0.3, 0.4) is 0 Å². The minimum atomic E-state index is -0.409. The Morgan fingerprint density at radius 3 is 2.73 bits per heavy atom. The highest BCUT2D eigenvalue weighted by atomic mass is 127. The summed E-state index contributed by atoms with van der Waals surface area (Å²) in [5.41, 5.74) is 1.94. The van der Waals surface area contributed by atoms with Crippen LogP contribution in [0.25, 0.3) is 0 Å². The normalized spacial score (nSPS) is 15.9. The standard InChI is InChI=1S/C22H20IN3O3S/c1-2-29-19-6-4-3-5-16(19)17-11-20(27)26-22(18(17)12-24)30-13-21(28)25-15-9-7-14(23)8-10-15/h3-10,17H,2,11,13H2,1H3,(H,25,28)(H,26,27). The molecule has 2 aromatic carbocycles. The van der Waals surface area contributed by atoms with Crippen molar-refractivity contribution in [3.05, 3.63) is 68.3 Å². The van der Waals surface area contributed by atoms with Gasteiger partial charge in [0.15, 0.2) is 0 Å². The fourth-order valence-corrected chi connectivity index (χ4v) is 4.36. The first-order valence-electron chi connectivity index (χ1n) is 9.35. The van der Waals surface area contributed by atoms with E-state index < -0.39 is 5.92 Å². The van der Waals surface area contributed by atoms with E-state index in [-0.39, 0.29) is 24.0 Å². The van der Waals surface area contributed by atoms with Crippen LogP contribution in [0, 0.1) is 14.9 Å². The quantitative estimate of drug-likeness (QED) is 0.515. The molecule has 0 saturated carbocycles. The van der Waals surface area contributed by atoms with E-state index in [2.05, 4.69) is 39.3 Å². The van der Waals surface area contributed by atoms with E-state index in [1.54, 1.807) is 0 Å². The minimum Gasteiger partial charge on any atom is -0.494 e. The molecule has 1 atom stereocenters. The number of carbonyl (C=O) groups excluding carboxylic acids is 2. The summed E-state index contributed by atoms with van der Waals surface area (Å²) in [6, 6.07) is 17.1. The third kappa shape index (κ3) is 5.55. The predicted molar refractivity (Wildman–Crippen MR) is 126 cm³/mol. The molecule has 0 aromatic heterocycles. The van der Waals surface area contributed by atoms with Gasteiger partial charge in [-0.25, -0.2) is 0 Å². The number of thioether (sulfide) groups is 1. The summed E-state index contributed by atoms with van der Waals surface area (Å²) in [6.45, 7) is 2.38. The lowest BCUT2D eigenvalue weighted by Gasteiger charge is -2.26. The second-order valence-electron chi connectivity index (χ2n) is 6.47. The average Bonchev–Trinajstić information content (AvgIpc) is 2.74. The van der Waals surface area contributed by atoms with E-state index >= 15 is 0 Å². The summed E-state index contributed by atoms with van der Waals surface area (Å²) in [4.78, 5) is 24.7. The summed E-state index contributed by atoms with van der Waals surface area (Å²) in [5.74, 6) is -0.0727. The fraction of sp³-hybridized carbons (Fsp3) is 0.227. The van der Waals surface area contributed by atoms with Gasteiger partial charge in [-0.1, -0.05) is 30.0 Å². The second-order valence-corrected chi connectivity index (χ2v) is 8.71. The van der Waals surface area contributed by atoms with Gasteiger partial charge in [0.05, 0.1) is 29.0 Å². The molecule has 0 bridgehead atoms. The van der Waals surface area contributed by atoms with E-state index in [1.807, 2.05) is 55.5 Å². The molecule has 30 heavy (non-hydrogen) atoms. The zero-order valence-electron chi connectivity index (χ0n) is 16.3. The summed E-state index contributed by atoms with van der Waals surface area (Å²) < 4.78 is 6.77. The lowest BCUT2D eigenvalue weighted by Crippen LogP contribution is -2.31. The Morgan fingerprint density at radius 2 is 2.03 bits per heavy atom. The molecular formula is C22H20IN3O3S. The smallest absolute Gasteiger partial charge is 0.234 e. The van der Waals surface area contributed by atoms with Crippen molar-refractivity contribution in [1.29, 1.82) is 5.26 Å². The van der Waals surface area contributed by atoms with Crippen molar-refractivity contribution >= 4 is 51.9 Å². The van der Waals surface area contributed by atoms with E-state index in [9.17, 15) is 14.9 Å². The zero-order chi connectivity index (χ0) is 21.5. The SMILES string of the molecule is CCOc1ccccc1C1CC(=O)NC(SCC(=O)Nc2ccc(I)cc2)=C1C#N. The minimum absolute atomic E-state index is 0.0760. The predicted octanol–water partition coefficient (Wildman–Crippen LogP) is 4.40. The van der Waals surface area contributed by atoms with E-state index in [1.165, 1.54) is 0 Å². The van der Waals surface area contributed by atoms with Crippen LogP contribution in [0.4, 0.5) is 5.69 Å². The Hall–Kier alpha value is -2.51. The van der Waals surface area contributed by atoms with Gasteiger partial charge < -0.3 is 15.4 Å². The highest BCUT2D eigenvalue weighted by Gasteiger charge is 2.31. The monoisotopic (exact) mass is 533 g/mol. The molecule has 0 spiro atoms. The molecule has 2 aromatic rings. The van der Waals surface area contributed by atoms with Crippen molar-refractivity contribution in [3.8, 4) is 11.8 Å². The Balaban J connectivity index is 1.78. The van der Waals surface area contributed by atoms with Crippen molar-refractivity contribution in [2.45, 2.75) is 19.3 Å². The molecule has 1 aliphatic rings. The molecule has 0 aliphatic carbocycles. The maximum Gasteiger partial charge on any atom is 0.234 e. The Bertz CT molecular complexity index is 1020. The van der Waals surface area contributed by atoms with Gasteiger partial charge in [-0.15, -0.1) is 0 Å². The van der Waals surface area contributed by atoms with Crippen LogP contribution in [-0.2, 0) is 9.59 Å². The van der Waals surface area contributed by atoms with Gasteiger partial charge in [-0.3, -0.25) is 9.59 Å². The molecule has 0 radical (unpaired) electrons. The van der Waals surface area contributed by atoms with Crippen LogP contribution < -0.4 is 15.4 Å². The molecule has 0 fully saturated rings. The highest BCUT2D eigenvalue weighted by molar-refractivity contribution is 14.1. The van der Waals surface area contributed by atoms with Gasteiger partial charge in [-0.2, -0.15) is 5.26 Å². The van der Waals surface area contributed by atoms with Gasteiger partial charge in [0.25, 0.3) is 0 Å². The number of amides is 2. The number of ether oxygens (including phenoxy) is 1. The van der Waals surface area contributed by atoms with Crippen molar-refractivity contribution < 1.29 is 14.3 Å². The number of nitriles is 1. The van der Waals surface area contributed by atoms with Crippen LogP contribution >= 0.6 is 34.4 Å². The first kappa shape index (κ1) is 22.2. The number of nitrogens with one attached hydrogen (secondary N) is 2. The number of nitrogens with zero attached hydrogens (tertiary/aromatic N) is 1. The summed E-state index contributed by atoms with van der Waals surface area (Å²) >= 11 is 3.35. The lowest BCUT2D eigenvalue weighted by molar-refractivity contribution is -0.121. The van der Waals surface area contributed by atoms with Crippen LogP contribution in [0.15, 0.2) is 59.1 Å². The van der Waals surface area contributed by atoms with Crippen molar-refractivity contribution in [2.75, 3.05) is 17.7 Å². The number of hydrogen-bond donors (Lipinski definition) is 2. The fourth-order valence-electron chi connectivity index (χ4n) is 3.12. The van der Waals surface area contributed by atoms with Crippen LogP contribution in [0.2, 0.25) is 0 Å². The molecular weight excluding hydrogens is 513 g/mol. The molecule has 1 aliphatic heterocycles. The van der Waals surface area contributed by atoms with Gasteiger partial charge in [0.1, 0.15) is 5.75 Å².